The van der Waals surface area contributed by atoms with Crippen LogP contribution in [0.1, 0.15) is 11.4 Å². The molecule has 0 unspecified atom stereocenters. The Kier molecular flexibility index (Phi) is 1.62. The summed E-state index contributed by atoms with van der Waals surface area (Å²) in [6, 6.07) is 0. The number of aromatic amines is 1. The lowest BCUT2D eigenvalue weighted by molar-refractivity contribution is 0.797. The Bertz CT molecular complexity index is 385. The van der Waals surface area contributed by atoms with Crippen molar-refractivity contribution >= 4 is 5.78 Å². The smallest absolute Gasteiger partial charge is 0.211 e. The minimum atomic E-state index is 0.850. The molecule has 0 saturated carbocycles. The second kappa shape index (κ2) is 2.64. The highest BCUT2D eigenvalue weighted by atomic mass is 15.1. The molecule has 0 aliphatic carbocycles. The number of nitrogens with zero attached hydrogens (tertiary/aromatic N) is 2. The number of imidazole rings is 2. The van der Waals surface area contributed by atoms with E-state index in [-0.39, 0.29) is 0 Å². The molecule has 2 rings (SSSR count). The molecule has 2 heterocycles. The summed E-state index contributed by atoms with van der Waals surface area (Å²) in [6.07, 6.45) is 3.92. The molecule has 12 heavy (non-hydrogen) atoms. The molecule has 0 amide bonds. The van der Waals surface area contributed by atoms with Gasteiger partial charge in [0.1, 0.15) is 0 Å². The molecule has 0 atom stereocenters. The van der Waals surface area contributed by atoms with Crippen molar-refractivity contribution in [3.8, 4) is 0 Å². The topological polar surface area (TPSA) is 45.1 Å². The highest BCUT2D eigenvalue weighted by Crippen LogP contribution is 2.06. The van der Waals surface area contributed by atoms with Crippen molar-refractivity contribution in [2.75, 3.05) is 7.05 Å². The summed E-state index contributed by atoms with van der Waals surface area (Å²) >= 11 is 0. The van der Waals surface area contributed by atoms with Gasteiger partial charge >= 0.3 is 0 Å². The number of H-pyrrole nitrogens is 1. The Hall–Kier alpha value is -1.29. The van der Waals surface area contributed by atoms with Gasteiger partial charge in [0.2, 0.25) is 5.78 Å². The highest BCUT2D eigenvalue weighted by molar-refractivity contribution is 5.33. The van der Waals surface area contributed by atoms with Crippen molar-refractivity contribution in [1.29, 1.82) is 0 Å². The third kappa shape index (κ3) is 1.00. The van der Waals surface area contributed by atoms with Crippen LogP contribution >= 0.6 is 0 Å². The fourth-order valence-corrected chi connectivity index (χ4v) is 1.31. The highest BCUT2D eigenvalue weighted by Gasteiger charge is 2.02. The first-order valence-corrected chi connectivity index (χ1v) is 3.97. The summed E-state index contributed by atoms with van der Waals surface area (Å²) in [4.78, 5) is 7.41. The predicted molar refractivity (Wildman–Crippen MR) is 47.0 cm³/mol. The maximum Gasteiger partial charge on any atom is 0.211 e. The Morgan fingerprint density at radius 2 is 2.50 bits per heavy atom. The average Bonchev–Trinajstić information content (AvgIpc) is 2.55. The van der Waals surface area contributed by atoms with E-state index in [9.17, 15) is 0 Å². The molecule has 2 aromatic heterocycles. The SMILES string of the molecule is CNCc1cn2c(C)cnc2[nH]1. The molecular weight excluding hydrogens is 152 g/mol. The largest absolute Gasteiger partial charge is 0.326 e. The summed E-state index contributed by atoms with van der Waals surface area (Å²) in [7, 11) is 1.93. The van der Waals surface area contributed by atoms with Crippen LogP contribution in [0.3, 0.4) is 0 Å². The predicted octanol–water partition coefficient (Wildman–Crippen LogP) is 0.690. The number of hydrogen-bond acceptors (Lipinski definition) is 2. The molecular formula is C8H12N4. The zero-order valence-electron chi connectivity index (χ0n) is 7.26. The van der Waals surface area contributed by atoms with Gasteiger partial charge in [-0.25, -0.2) is 4.98 Å². The first-order valence-electron chi connectivity index (χ1n) is 3.97. The van der Waals surface area contributed by atoms with Gasteiger partial charge in [0.25, 0.3) is 0 Å². The summed E-state index contributed by atoms with van der Waals surface area (Å²) < 4.78 is 2.05. The van der Waals surface area contributed by atoms with E-state index in [4.69, 9.17) is 0 Å². The van der Waals surface area contributed by atoms with Gasteiger partial charge in [-0.1, -0.05) is 0 Å². The molecule has 0 aliphatic rings. The van der Waals surface area contributed by atoms with Gasteiger partial charge in [0.05, 0.1) is 6.20 Å². The van der Waals surface area contributed by atoms with Crippen LogP contribution in [0, 0.1) is 6.92 Å². The first kappa shape index (κ1) is 7.36. The lowest BCUT2D eigenvalue weighted by atomic mass is 10.5. The molecule has 4 nitrogen and oxygen atoms in total. The fraction of sp³-hybridized carbons (Fsp3) is 0.375. The number of nitrogens with one attached hydrogen (secondary N) is 2. The second-order valence-electron chi connectivity index (χ2n) is 2.90. The van der Waals surface area contributed by atoms with Crippen LogP contribution in [0.5, 0.6) is 0 Å². The maximum atomic E-state index is 4.20. The van der Waals surface area contributed by atoms with Gasteiger partial charge in [-0.2, -0.15) is 0 Å². The normalized spacial score (nSPS) is 11.2. The standard InChI is InChI=1S/C8H12N4/c1-6-3-10-8-11-7(4-9-2)5-12(6)8/h3,5,9H,4H2,1-2H3,(H,10,11). The summed E-state index contributed by atoms with van der Waals surface area (Å²) in [5.41, 5.74) is 2.31. The first-order chi connectivity index (χ1) is 5.81. The van der Waals surface area contributed by atoms with Crippen LogP contribution in [0.4, 0.5) is 0 Å². The Balaban J connectivity index is 2.48. The van der Waals surface area contributed by atoms with E-state index in [1.807, 2.05) is 24.6 Å². The van der Waals surface area contributed by atoms with Crippen molar-refractivity contribution in [3.05, 3.63) is 23.8 Å². The van der Waals surface area contributed by atoms with Gasteiger partial charge in [-0.3, -0.25) is 4.40 Å². The van der Waals surface area contributed by atoms with Crippen LogP contribution in [-0.2, 0) is 6.54 Å². The minimum Gasteiger partial charge on any atom is -0.326 e. The number of rotatable bonds is 2. The third-order valence-electron chi connectivity index (χ3n) is 1.91. The minimum absolute atomic E-state index is 0.850. The maximum absolute atomic E-state index is 4.20. The average molecular weight is 164 g/mol. The van der Waals surface area contributed by atoms with Gasteiger partial charge < -0.3 is 10.3 Å². The Morgan fingerprint density at radius 1 is 1.67 bits per heavy atom. The van der Waals surface area contributed by atoms with Crippen molar-refractivity contribution in [3.63, 3.8) is 0 Å². The van der Waals surface area contributed by atoms with E-state index in [1.54, 1.807) is 0 Å². The lowest BCUT2D eigenvalue weighted by Crippen LogP contribution is -2.04. The number of aromatic nitrogens is 3. The monoisotopic (exact) mass is 164 g/mol. The van der Waals surface area contributed by atoms with Crippen LogP contribution < -0.4 is 5.32 Å². The Morgan fingerprint density at radius 3 is 3.17 bits per heavy atom. The number of aryl methyl sites for hydroxylation is 1. The van der Waals surface area contributed by atoms with Gasteiger partial charge in [-0.15, -0.1) is 0 Å². The summed E-state index contributed by atoms with van der Waals surface area (Å²) in [5.74, 6) is 0.915. The molecule has 0 aromatic carbocycles. The van der Waals surface area contributed by atoms with E-state index in [0.29, 0.717) is 0 Å². The molecule has 4 heteroatoms. The van der Waals surface area contributed by atoms with E-state index < -0.39 is 0 Å². The zero-order chi connectivity index (χ0) is 8.55. The van der Waals surface area contributed by atoms with E-state index in [2.05, 4.69) is 21.5 Å². The van der Waals surface area contributed by atoms with Crippen LogP contribution in [0.2, 0.25) is 0 Å². The summed E-state index contributed by atoms with van der Waals surface area (Å²) in [5, 5.41) is 3.08. The second-order valence-corrected chi connectivity index (χ2v) is 2.90. The zero-order valence-corrected chi connectivity index (χ0v) is 7.26. The van der Waals surface area contributed by atoms with Crippen LogP contribution in [0.25, 0.3) is 5.78 Å². The van der Waals surface area contributed by atoms with E-state index in [0.717, 1.165) is 23.7 Å². The summed E-state index contributed by atoms with van der Waals surface area (Å²) in [6.45, 7) is 2.89. The molecule has 64 valence electrons. The van der Waals surface area contributed by atoms with Crippen molar-refractivity contribution in [2.45, 2.75) is 13.5 Å². The lowest BCUT2D eigenvalue weighted by Gasteiger charge is -1.91. The fourth-order valence-electron chi connectivity index (χ4n) is 1.31. The molecule has 0 fully saturated rings. The van der Waals surface area contributed by atoms with E-state index in [1.165, 1.54) is 0 Å². The quantitative estimate of drug-likeness (QED) is 0.686. The van der Waals surface area contributed by atoms with Gasteiger partial charge in [0, 0.05) is 24.1 Å². The van der Waals surface area contributed by atoms with Gasteiger partial charge in [-0.05, 0) is 14.0 Å². The van der Waals surface area contributed by atoms with Crippen LogP contribution in [-0.4, -0.2) is 21.4 Å². The van der Waals surface area contributed by atoms with Crippen molar-refractivity contribution in [2.24, 2.45) is 0 Å². The van der Waals surface area contributed by atoms with Crippen molar-refractivity contribution in [1.82, 2.24) is 19.7 Å². The molecule has 0 spiro atoms. The van der Waals surface area contributed by atoms with Crippen LogP contribution in [0.15, 0.2) is 12.4 Å². The third-order valence-corrected chi connectivity index (χ3v) is 1.91. The molecule has 0 radical (unpaired) electrons. The number of fused-ring (bicyclic) bond motifs is 1. The Labute approximate surface area is 70.6 Å². The molecule has 0 bridgehead atoms. The molecule has 2 aromatic rings. The number of hydrogen-bond donors (Lipinski definition) is 2. The molecule has 2 N–H and O–H groups in total. The molecule has 0 aliphatic heterocycles. The van der Waals surface area contributed by atoms with E-state index >= 15 is 0 Å². The van der Waals surface area contributed by atoms with Gasteiger partial charge in [0.15, 0.2) is 0 Å². The van der Waals surface area contributed by atoms with Crippen molar-refractivity contribution < 1.29 is 0 Å². The molecule has 0 saturated heterocycles.